The minimum absolute atomic E-state index is 0.00758. The zero-order chi connectivity index (χ0) is 24.8. The Bertz CT molecular complexity index is 922. The van der Waals surface area contributed by atoms with E-state index in [1.165, 1.54) is 24.8 Å². The summed E-state index contributed by atoms with van der Waals surface area (Å²) in [6.45, 7) is 16.0. The molecule has 1 saturated heterocycles. The SMILES string of the molecule is CC(C)(C)c1cc(Pc2ccc(F)cc2CN2CCCCC2)c(O)c(C(C)(C)C)c1.[Cl][Ti][Cl]. The molecule has 0 amide bonds. The topological polar surface area (TPSA) is 23.5 Å². The minimum atomic E-state index is -0.556. The molecule has 1 fully saturated rings. The molecule has 1 aliphatic rings. The van der Waals surface area contributed by atoms with E-state index >= 15 is 0 Å². The Morgan fingerprint density at radius 2 is 1.55 bits per heavy atom. The summed E-state index contributed by atoms with van der Waals surface area (Å²) in [7, 11) is 10.1. The van der Waals surface area contributed by atoms with E-state index in [1.54, 1.807) is 12.1 Å². The van der Waals surface area contributed by atoms with Crippen molar-refractivity contribution in [1.29, 1.82) is 0 Å². The normalized spacial score (nSPS) is 15.4. The predicted molar refractivity (Wildman–Crippen MR) is 140 cm³/mol. The van der Waals surface area contributed by atoms with Crippen molar-refractivity contribution in [3.05, 3.63) is 52.8 Å². The quantitative estimate of drug-likeness (QED) is 0.325. The second kappa shape index (κ2) is 12.7. The number of nitrogens with zero attached hydrogens (tertiary/aromatic N) is 1. The molecule has 0 bridgehead atoms. The molecule has 2 aromatic rings. The van der Waals surface area contributed by atoms with Gasteiger partial charge in [-0.1, -0.05) is 68.7 Å². The van der Waals surface area contributed by atoms with Crippen molar-refractivity contribution in [2.75, 3.05) is 13.1 Å². The number of phenols is 1. The van der Waals surface area contributed by atoms with Gasteiger partial charge in [0.15, 0.2) is 0 Å². The van der Waals surface area contributed by atoms with Gasteiger partial charge >= 0.3 is 35.6 Å². The Balaban J connectivity index is 0.00000122. The molecule has 1 unspecified atom stereocenters. The summed E-state index contributed by atoms with van der Waals surface area (Å²) in [6.07, 6.45) is 3.73. The summed E-state index contributed by atoms with van der Waals surface area (Å²) in [5, 5.41) is 13.3. The standard InChI is InChI=1S/C26H37FNOP.2ClH.Ti/c1-25(2,3)19-15-21(26(4,5)6)24(29)23(16-19)30-22-11-10-20(27)14-18(22)17-28-12-8-7-9-13-28;;;/h10-11,14-16,29-30H,7-9,12-13,17H2,1-6H3;2*1H;/q;;;+2/p-2. The van der Waals surface area contributed by atoms with Gasteiger partial charge in [-0.05, 0) is 71.4 Å². The van der Waals surface area contributed by atoms with Crippen LogP contribution in [0.15, 0.2) is 30.3 Å². The molecule has 0 spiro atoms. The molecular formula is C26H37Cl2FNOPTi. The van der Waals surface area contributed by atoms with E-state index < -0.39 is 17.0 Å². The van der Waals surface area contributed by atoms with Crippen LogP contribution in [0, 0.1) is 5.82 Å². The number of hydrogen-bond donors (Lipinski definition) is 1. The molecule has 7 heteroatoms. The Labute approximate surface area is 218 Å². The first-order valence-corrected chi connectivity index (χ1v) is 16.8. The summed E-state index contributed by atoms with van der Waals surface area (Å²) in [6, 6.07) is 9.45. The Morgan fingerprint density at radius 1 is 0.939 bits per heavy atom. The van der Waals surface area contributed by atoms with E-state index in [4.69, 9.17) is 18.6 Å². The summed E-state index contributed by atoms with van der Waals surface area (Å²) in [5.41, 5.74) is 3.11. The molecule has 0 aromatic heterocycles. The number of rotatable bonds is 4. The van der Waals surface area contributed by atoms with Gasteiger partial charge in [-0.25, -0.2) is 4.39 Å². The first-order valence-electron chi connectivity index (χ1n) is 11.5. The van der Waals surface area contributed by atoms with Gasteiger partial charge < -0.3 is 5.11 Å². The van der Waals surface area contributed by atoms with E-state index in [1.807, 2.05) is 6.07 Å². The molecule has 2 nitrogen and oxygen atoms in total. The molecule has 1 heterocycles. The number of benzene rings is 2. The number of halogens is 3. The fraction of sp³-hybridized carbons (Fsp3) is 0.538. The van der Waals surface area contributed by atoms with Crippen molar-refractivity contribution < 1.29 is 26.5 Å². The summed E-state index contributed by atoms with van der Waals surface area (Å²) in [5.74, 6) is 0.209. The predicted octanol–water partition coefficient (Wildman–Crippen LogP) is 7.12. The maximum atomic E-state index is 14.1. The van der Waals surface area contributed by atoms with E-state index in [-0.39, 0.29) is 16.6 Å². The summed E-state index contributed by atoms with van der Waals surface area (Å²) >= 11 is -0.556. The van der Waals surface area contributed by atoms with E-state index in [0.29, 0.717) is 14.3 Å². The van der Waals surface area contributed by atoms with Crippen LogP contribution in [0.25, 0.3) is 0 Å². The van der Waals surface area contributed by atoms with Crippen LogP contribution in [0.4, 0.5) is 4.39 Å². The molecule has 0 radical (unpaired) electrons. The van der Waals surface area contributed by atoms with Crippen LogP contribution in [0.5, 0.6) is 5.75 Å². The molecule has 1 aliphatic heterocycles. The van der Waals surface area contributed by atoms with Crippen LogP contribution in [-0.2, 0) is 34.4 Å². The van der Waals surface area contributed by atoms with E-state index in [2.05, 4.69) is 58.6 Å². The number of hydrogen-bond acceptors (Lipinski definition) is 2. The number of likely N-dealkylation sites (tertiary alicyclic amines) is 1. The first kappa shape index (κ1) is 29.1. The summed E-state index contributed by atoms with van der Waals surface area (Å²) < 4.78 is 14.1. The van der Waals surface area contributed by atoms with E-state index in [0.717, 1.165) is 41.4 Å². The van der Waals surface area contributed by atoms with Crippen molar-refractivity contribution in [3.8, 4) is 5.75 Å². The molecule has 3 rings (SSSR count). The molecular weight excluding hydrogens is 511 g/mol. The molecule has 0 aliphatic carbocycles. The van der Waals surface area contributed by atoms with Gasteiger partial charge in [-0.3, -0.25) is 4.90 Å². The van der Waals surface area contributed by atoms with Gasteiger partial charge in [0.1, 0.15) is 11.6 Å². The fourth-order valence-corrected chi connectivity index (χ4v) is 5.30. The van der Waals surface area contributed by atoms with Gasteiger partial charge in [-0.15, -0.1) is 0 Å². The monoisotopic (exact) mass is 547 g/mol. The van der Waals surface area contributed by atoms with Crippen molar-refractivity contribution in [1.82, 2.24) is 4.90 Å². The van der Waals surface area contributed by atoms with Crippen LogP contribution in [0.3, 0.4) is 0 Å². The van der Waals surface area contributed by atoms with Gasteiger partial charge in [-0.2, -0.15) is 0 Å². The van der Waals surface area contributed by atoms with Crippen LogP contribution in [0.2, 0.25) is 0 Å². The molecule has 182 valence electrons. The zero-order valence-electron chi connectivity index (χ0n) is 20.7. The molecule has 0 saturated carbocycles. The molecule has 1 N–H and O–H groups in total. The maximum absolute atomic E-state index is 14.1. The molecule has 2 aromatic carbocycles. The average molecular weight is 548 g/mol. The van der Waals surface area contributed by atoms with Crippen molar-refractivity contribution in [2.45, 2.75) is 78.2 Å². The Morgan fingerprint density at radius 3 is 2.09 bits per heavy atom. The third-order valence-corrected chi connectivity index (χ3v) is 7.37. The van der Waals surface area contributed by atoms with Gasteiger partial charge in [0, 0.05) is 17.4 Å². The van der Waals surface area contributed by atoms with Crippen molar-refractivity contribution in [2.24, 2.45) is 0 Å². The first-order chi connectivity index (χ1) is 15.4. The second-order valence-corrected chi connectivity index (χ2v) is 14.7. The Hall–Kier alpha value is -0.146. The van der Waals surface area contributed by atoms with Gasteiger partial charge in [0.25, 0.3) is 0 Å². The van der Waals surface area contributed by atoms with Crippen LogP contribution in [-0.4, -0.2) is 23.1 Å². The fourth-order valence-electron chi connectivity index (χ4n) is 4.05. The Kier molecular flexibility index (Phi) is 11.2. The third kappa shape index (κ3) is 8.78. The van der Waals surface area contributed by atoms with Crippen molar-refractivity contribution in [3.63, 3.8) is 0 Å². The third-order valence-electron chi connectivity index (χ3n) is 5.96. The number of phenolic OH excluding ortho intramolecular Hbond substituents is 1. The van der Waals surface area contributed by atoms with E-state index in [9.17, 15) is 9.50 Å². The van der Waals surface area contributed by atoms with Crippen molar-refractivity contribution >= 4 is 37.8 Å². The average Bonchev–Trinajstić information content (AvgIpc) is 2.71. The van der Waals surface area contributed by atoms with Gasteiger partial charge in [0.2, 0.25) is 0 Å². The van der Waals surface area contributed by atoms with Crippen LogP contribution in [0.1, 0.15) is 77.5 Å². The summed E-state index contributed by atoms with van der Waals surface area (Å²) in [4.78, 5) is 2.43. The van der Waals surface area contributed by atoms with Gasteiger partial charge in [0.05, 0.1) is 0 Å². The molecule has 1 atom stereocenters. The second-order valence-electron chi connectivity index (χ2n) is 10.8. The van der Waals surface area contributed by atoms with Crippen LogP contribution < -0.4 is 10.6 Å². The van der Waals surface area contributed by atoms with Crippen LogP contribution >= 0.6 is 27.2 Å². The number of piperidine rings is 1. The number of aromatic hydroxyl groups is 1. The zero-order valence-corrected chi connectivity index (χ0v) is 24.7. The molecule has 33 heavy (non-hydrogen) atoms.